The van der Waals surface area contributed by atoms with E-state index in [0.717, 1.165) is 38.3 Å². The summed E-state index contributed by atoms with van der Waals surface area (Å²) in [5.41, 5.74) is 5.66. The van der Waals surface area contributed by atoms with Gasteiger partial charge in [0.25, 0.3) is 0 Å². The highest BCUT2D eigenvalue weighted by Gasteiger charge is 2.19. The number of piperidine rings is 1. The van der Waals surface area contributed by atoms with E-state index in [0.29, 0.717) is 11.2 Å². The molecule has 1 fully saturated rings. The average molecular weight is 327 g/mol. The Labute approximate surface area is 134 Å². The zero-order valence-corrected chi connectivity index (χ0v) is 13.2. The Bertz CT molecular complexity index is 541. The molecule has 2 aromatic heterocycles. The molecule has 0 saturated carbocycles. The summed E-state index contributed by atoms with van der Waals surface area (Å²) in [5.74, 6) is 0.862. The van der Waals surface area contributed by atoms with Crippen LogP contribution >= 0.6 is 23.7 Å². The van der Waals surface area contributed by atoms with Gasteiger partial charge in [-0.05, 0) is 25.0 Å². The molecular weight excluding hydrogens is 308 g/mol. The number of nitrogen functional groups attached to an aromatic ring is 1. The number of nitrogens with two attached hydrogens (primary N) is 1. The van der Waals surface area contributed by atoms with Crippen LogP contribution in [-0.4, -0.2) is 39.2 Å². The highest BCUT2D eigenvalue weighted by molar-refractivity contribution is 7.15. The minimum absolute atomic E-state index is 0. The third-order valence-electron chi connectivity index (χ3n) is 3.46. The Morgan fingerprint density at radius 2 is 2.19 bits per heavy atom. The molecule has 3 heterocycles. The minimum atomic E-state index is 0. The molecule has 0 aliphatic carbocycles. The van der Waals surface area contributed by atoms with Crippen molar-refractivity contribution in [2.75, 3.05) is 24.1 Å². The second kappa shape index (κ2) is 7.53. The third-order valence-corrected chi connectivity index (χ3v) is 4.27. The van der Waals surface area contributed by atoms with E-state index in [4.69, 9.17) is 5.73 Å². The van der Waals surface area contributed by atoms with Crippen molar-refractivity contribution in [1.29, 1.82) is 0 Å². The predicted octanol–water partition coefficient (Wildman–Crippen LogP) is 2.01. The van der Waals surface area contributed by atoms with Crippen LogP contribution in [0.2, 0.25) is 0 Å². The number of nitrogens with zero attached hydrogens (tertiary/aromatic N) is 4. The summed E-state index contributed by atoms with van der Waals surface area (Å²) in [6, 6.07) is 4.34. The molecule has 0 aromatic carbocycles. The van der Waals surface area contributed by atoms with E-state index < -0.39 is 0 Å². The number of aromatic nitrogens is 3. The summed E-state index contributed by atoms with van der Waals surface area (Å²) < 4.78 is 0. The summed E-state index contributed by atoms with van der Waals surface area (Å²) in [5, 5.41) is 12.0. The van der Waals surface area contributed by atoms with Crippen LogP contribution < -0.4 is 11.1 Å². The minimum Gasteiger partial charge on any atom is -0.375 e. The summed E-state index contributed by atoms with van der Waals surface area (Å²) in [4.78, 5) is 7.78. The van der Waals surface area contributed by atoms with E-state index >= 15 is 0 Å². The zero-order valence-electron chi connectivity index (χ0n) is 11.6. The molecule has 8 heteroatoms. The number of nitrogens with one attached hydrogen (secondary N) is 1. The van der Waals surface area contributed by atoms with Gasteiger partial charge >= 0.3 is 0 Å². The summed E-state index contributed by atoms with van der Waals surface area (Å²) in [6.45, 7) is 3.11. The van der Waals surface area contributed by atoms with E-state index in [1.54, 1.807) is 17.5 Å². The first-order valence-electron chi connectivity index (χ1n) is 6.76. The second-order valence-corrected chi connectivity index (χ2v) is 6.12. The highest BCUT2D eigenvalue weighted by atomic mass is 35.5. The van der Waals surface area contributed by atoms with E-state index in [1.807, 2.05) is 18.3 Å². The van der Waals surface area contributed by atoms with Crippen molar-refractivity contribution >= 4 is 34.7 Å². The summed E-state index contributed by atoms with van der Waals surface area (Å²) in [6.07, 6.45) is 5.80. The van der Waals surface area contributed by atoms with Crippen molar-refractivity contribution in [3.63, 3.8) is 0 Å². The number of thiazole rings is 1. The average Bonchev–Trinajstić information content (AvgIpc) is 2.88. The predicted molar refractivity (Wildman–Crippen MR) is 87.7 cm³/mol. The van der Waals surface area contributed by atoms with Crippen molar-refractivity contribution in [2.45, 2.75) is 25.4 Å². The SMILES string of the molecule is Cl.Nc1ncc(CN2CCC(Nc3cccnn3)CC2)s1. The van der Waals surface area contributed by atoms with Crippen molar-refractivity contribution in [3.05, 3.63) is 29.4 Å². The maximum atomic E-state index is 5.66. The van der Waals surface area contributed by atoms with Gasteiger partial charge in [0, 0.05) is 42.9 Å². The van der Waals surface area contributed by atoms with Crippen molar-refractivity contribution in [1.82, 2.24) is 20.1 Å². The largest absolute Gasteiger partial charge is 0.375 e. The molecule has 6 nitrogen and oxygen atoms in total. The fraction of sp³-hybridized carbons (Fsp3) is 0.462. The van der Waals surface area contributed by atoms with Gasteiger partial charge in [-0.25, -0.2) is 4.98 Å². The standard InChI is InChI=1S/C13H18N6S.ClH/c14-13-15-8-11(20-13)9-19-6-3-10(4-7-19)17-12-2-1-5-16-18-12;/h1-2,5,8,10H,3-4,6-7,9H2,(H2,14,15)(H,17,18);1H. The molecule has 114 valence electrons. The normalized spacial score (nSPS) is 16.4. The van der Waals surface area contributed by atoms with Gasteiger partial charge in [-0.15, -0.1) is 28.8 Å². The lowest BCUT2D eigenvalue weighted by molar-refractivity contribution is 0.212. The number of halogens is 1. The van der Waals surface area contributed by atoms with Gasteiger partial charge < -0.3 is 11.1 Å². The van der Waals surface area contributed by atoms with Crippen molar-refractivity contribution in [3.8, 4) is 0 Å². The number of likely N-dealkylation sites (tertiary alicyclic amines) is 1. The Morgan fingerprint density at radius 3 is 2.81 bits per heavy atom. The molecule has 0 spiro atoms. The zero-order chi connectivity index (χ0) is 13.8. The third kappa shape index (κ3) is 4.52. The first kappa shape index (κ1) is 15.9. The lowest BCUT2D eigenvalue weighted by Crippen LogP contribution is -2.38. The molecule has 1 aliphatic heterocycles. The topological polar surface area (TPSA) is 80.0 Å². The Hall–Kier alpha value is -1.44. The molecule has 0 amide bonds. The number of hydrogen-bond acceptors (Lipinski definition) is 7. The van der Waals surface area contributed by atoms with E-state index in [-0.39, 0.29) is 12.4 Å². The monoisotopic (exact) mass is 326 g/mol. The number of anilines is 2. The highest BCUT2D eigenvalue weighted by Crippen LogP contribution is 2.20. The van der Waals surface area contributed by atoms with Crippen LogP contribution in [0.15, 0.2) is 24.5 Å². The van der Waals surface area contributed by atoms with E-state index in [1.165, 1.54) is 4.88 Å². The molecule has 21 heavy (non-hydrogen) atoms. The molecule has 0 bridgehead atoms. The Kier molecular flexibility index (Phi) is 5.72. The molecule has 0 radical (unpaired) electrons. The van der Waals surface area contributed by atoms with Crippen LogP contribution in [0.3, 0.4) is 0 Å². The van der Waals surface area contributed by atoms with Gasteiger partial charge in [-0.2, -0.15) is 5.10 Å². The maximum absolute atomic E-state index is 5.66. The number of rotatable bonds is 4. The fourth-order valence-corrected chi connectivity index (χ4v) is 3.17. The quantitative estimate of drug-likeness (QED) is 0.894. The van der Waals surface area contributed by atoms with Crippen LogP contribution in [0.4, 0.5) is 10.9 Å². The Balaban J connectivity index is 0.00000161. The van der Waals surface area contributed by atoms with Crippen molar-refractivity contribution < 1.29 is 0 Å². The molecule has 3 N–H and O–H groups in total. The van der Waals surface area contributed by atoms with Crippen LogP contribution in [-0.2, 0) is 6.54 Å². The van der Waals surface area contributed by atoms with Gasteiger partial charge in [0.05, 0.1) is 0 Å². The Morgan fingerprint density at radius 1 is 1.38 bits per heavy atom. The second-order valence-electron chi connectivity index (χ2n) is 4.97. The first-order chi connectivity index (χ1) is 9.79. The molecule has 2 aromatic rings. The summed E-state index contributed by atoms with van der Waals surface area (Å²) >= 11 is 1.58. The van der Waals surface area contributed by atoms with Crippen LogP contribution in [0, 0.1) is 0 Å². The maximum Gasteiger partial charge on any atom is 0.180 e. The van der Waals surface area contributed by atoms with Crippen LogP contribution in [0.1, 0.15) is 17.7 Å². The van der Waals surface area contributed by atoms with Crippen LogP contribution in [0.5, 0.6) is 0 Å². The van der Waals surface area contributed by atoms with Gasteiger partial charge in [0.15, 0.2) is 5.13 Å². The molecule has 0 atom stereocenters. The summed E-state index contributed by atoms with van der Waals surface area (Å²) in [7, 11) is 0. The van der Waals surface area contributed by atoms with E-state index in [9.17, 15) is 0 Å². The lowest BCUT2D eigenvalue weighted by Gasteiger charge is -2.32. The molecule has 1 aliphatic rings. The molecular formula is C13H19ClN6S. The van der Waals surface area contributed by atoms with Gasteiger partial charge in [-0.3, -0.25) is 4.90 Å². The number of hydrogen-bond donors (Lipinski definition) is 2. The molecule has 1 saturated heterocycles. The fourth-order valence-electron chi connectivity index (χ4n) is 2.44. The van der Waals surface area contributed by atoms with E-state index in [2.05, 4.69) is 25.4 Å². The van der Waals surface area contributed by atoms with Gasteiger partial charge in [0.2, 0.25) is 0 Å². The van der Waals surface area contributed by atoms with Gasteiger partial charge in [0.1, 0.15) is 5.82 Å². The van der Waals surface area contributed by atoms with Gasteiger partial charge in [-0.1, -0.05) is 0 Å². The van der Waals surface area contributed by atoms with Crippen molar-refractivity contribution in [2.24, 2.45) is 0 Å². The lowest BCUT2D eigenvalue weighted by atomic mass is 10.1. The van der Waals surface area contributed by atoms with Crippen LogP contribution in [0.25, 0.3) is 0 Å². The molecule has 3 rings (SSSR count). The molecule has 0 unspecified atom stereocenters. The smallest absolute Gasteiger partial charge is 0.180 e. The first-order valence-corrected chi connectivity index (χ1v) is 7.58.